The molecule has 110 valence electrons. The minimum Gasteiger partial charge on any atom is -0.411 e. The maximum atomic E-state index is 5.73. The summed E-state index contributed by atoms with van der Waals surface area (Å²) in [5.74, 6) is 1.66. The molecular weight excluding hydrogens is 278 g/mol. The van der Waals surface area contributed by atoms with Crippen LogP contribution in [0.3, 0.4) is 0 Å². The molecule has 0 aliphatic rings. The van der Waals surface area contributed by atoms with Gasteiger partial charge >= 0.3 is 6.08 Å². The van der Waals surface area contributed by atoms with Gasteiger partial charge in [-0.1, -0.05) is 12.1 Å². The van der Waals surface area contributed by atoms with E-state index in [1.54, 1.807) is 0 Å². The fourth-order valence-electron chi connectivity index (χ4n) is 2.69. The van der Waals surface area contributed by atoms with Crippen LogP contribution in [0.5, 0.6) is 11.8 Å². The number of oxazole rings is 1. The van der Waals surface area contributed by atoms with E-state index >= 15 is 0 Å². The summed E-state index contributed by atoms with van der Waals surface area (Å²) in [6.45, 7) is 5.01. The van der Waals surface area contributed by atoms with Crippen LogP contribution in [0.15, 0.2) is 46.9 Å². The lowest BCUT2D eigenvalue weighted by Gasteiger charge is -2.03. The molecule has 0 aliphatic heterocycles. The van der Waals surface area contributed by atoms with E-state index in [1.807, 2.05) is 49.4 Å². The summed E-state index contributed by atoms with van der Waals surface area (Å²) in [6, 6.07) is 13.4. The Morgan fingerprint density at radius 2 is 1.95 bits per heavy atom. The molecule has 0 bridgehead atoms. The van der Waals surface area contributed by atoms with E-state index in [-0.39, 0.29) is 6.08 Å². The number of benzene rings is 2. The highest BCUT2D eigenvalue weighted by Gasteiger charge is 2.10. The quantitative estimate of drug-likeness (QED) is 0.565. The Morgan fingerprint density at radius 1 is 1.09 bits per heavy atom. The zero-order chi connectivity index (χ0) is 15.1. The number of imidazole rings is 1. The average Bonchev–Trinajstić information content (AvgIpc) is 3.05. The molecule has 0 radical (unpaired) electrons. The minimum absolute atomic E-state index is 0.243. The van der Waals surface area contributed by atoms with Gasteiger partial charge in [0.15, 0.2) is 5.58 Å². The molecule has 0 aliphatic carbocycles. The highest BCUT2D eigenvalue weighted by atomic mass is 16.6. The molecule has 2 heterocycles. The first-order valence-corrected chi connectivity index (χ1v) is 7.25. The molecule has 0 N–H and O–H groups in total. The third-order valence-electron chi connectivity index (χ3n) is 3.71. The van der Waals surface area contributed by atoms with Crippen LogP contribution >= 0.6 is 0 Å². The predicted molar refractivity (Wildman–Crippen MR) is 84.2 cm³/mol. The average molecular weight is 293 g/mol. The van der Waals surface area contributed by atoms with E-state index in [1.165, 1.54) is 0 Å². The lowest BCUT2D eigenvalue weighted by Crippen LogP contribution is -1.95. The molecule has 5 nitrogen and oxygen atoms in total. The molecule has 0 spiro atoms. The van der Waals surface area contributed by atoms with E-state index < -0.39 is 0 Å². The van der Waals surface area contributed by atoms with Crippen molar-refractivity contribution in [3.05, 3.63) is 48.3 Å². The summed E-state index contributed by atoms with van der Waals surface area (Å²) in [6.07, 6.45) is 0.243. The van der Waals surface area contributed by atoms with Crippen molar-refractivity contribution < 1.29 is 9.15 Å². The van der Waals surface area contributed by atoms with Crippen LogP contribution in [0.25, 0.3) is 22.1 Å². The maximum Gasteiger partial charge on any atom is 0.400 e. The summed E-state index contributed by atoms with van der Waals surface area (Å²) in [5.41, 5.74) is 3.51. The van der Waals surface area contributed by atoms with Crippen LogP contribution in [-0.4, -0.2) is 14.5 Å². The molecular formula is C17H15N3O2. The third kappa shape index (κ3) is 2.02. The van der Waals surface area contributed by atoms with Crippen LogP contribution in [0.4, 0.5) is 0 Å². The molecule has 0 saturated carbocycles. The first-order valence-electron chi connectivity index (χ1n) is 7.25. The molecule has 5 heteroatoms. The molecule has 0 fully saturated rings. The van der Waals surface area contributed by atoms with Crippen molar-refractivity contribution in [2.75, 3.05) is 0 Å². The van der Waals surface area contributed by atoms with Crippen molar-refractivity contribution in [1.82, 2.24) is 14.5 Å². The molecule has 2 aromatic heterocycles. The first-order chi connectivity index (χ1) is 10.7. The monoisotopic (exact) mass is 293 g/mol. The van der Waals surface area contributed by atoms with E-state index in [0.717, 1.165) is 28.9 Å². The van der Waals surface area contributed by atoms with Crippen molar-refractivity contribution in [1.29, 1.82) is 0 Å². The van der Waals surface area contributed by atoms with Crippen molar-refractivity contribution in [3.63, 3.8) is 0 Å². The van der Waals surface area contributed by atoms with Crippen molar-refractivity contribution in [2.45, 2.75) is 20.4 Å². The Labute approximate surface area is 127 Å². The van der Waals surface area contributed by atoms with E-state index in [0.29, 0.717) is 11.3 Å². The van der Waals surface area contributed by atoms with Gasteiger partial charge in [0.25, 0.3) is 0 Å². The molecule has 2 aromatic carbocycles. The minimum atomic E-state index is 0.243. The van der Waals surface area contributed by atoms with Gasteiger partial charge in [0.05, 0.1) is 11.0 Å². The van der Waals surface area contributed by atoms with Gasteiger partial charge in [-0.05, 0) is 38.1 Å². The van der Waals surface area contributed by atoms with Crippen LogP contribution < -0.4 is 4.74 Å². The highest BCUT2D eigenvalue weighted by molar-refractivity contribution is 5.78. The Kier molecular flexibility index (Phi) is 2.85. The highest BCUT2D eigenvalue weighted by Crippen LogP contribution is 2.28. The Morgan fingerprint density at radius 3 is 2.77 bits per heavy atom. The van der Waals surface area contributed by atoms with Gasteiger partial charge in [0.2, 0.25) is 0 Å². The second kappa shape index (κ2) is 4.87. The first kappa shape index (κ1) is 12.9. The number of fused-ring (bicyclic) bond motifs is 2. The second-order valence-electron chi connectivity index (χ2n) is 5.10. The number of rotatable bonds is 3. The van der Waals surface area contributed by atoms with Gasteiger partial charge in [0.1, 0.15) is 17.1 Å². The largest absolute Gasteiger partial charge is 0.411 e. The van der Waals surface area contributed by atoms with E-state index in [4.69, 9.17) is 9.15 Å². The maximum absolute atomic E-state index is 5.73. The standard InChI is InChI=1S/C17H15N3O2/c1-3-20-11(2)18-14-10-12(8-9-15(14)20)21-17-19-13-6-4-5-7-16(13)22-17/h4-10H,3H2,1-2H3. The summed E-state index contributed by atoms with van der Waals surface area (Å²) >= 11 is 0. The fraction of sp³-hybridized carbons (Fsp3) is 0.176. The number of hydrogen-bond acceptors (Lipinski definition) is 4. The summed E-state index contributed by atoms with van der Waals surface area (Å²) in [4.78, 5) is 8.87. The predicted octanol–water partition coefficient (Wildman–Crippen LogP) is 4.30. The van der Waals surface area contributed by atoms with Gasteiger partial charge in [-0.15, -0.1) is 0 Å². The van der Waals surface area contributed by atoms with Crippen LogP contribution in [-0.2, 0) is 6.54 Å². The molecule has 22 heavy (non-hydrogen) atoms. The second-order valence-corrected chi connectivity index (χ2v) is 5.10. The summed E-state index contributed by atoms with van der Waals surface area (Å²) < 4.78 is 13.5. The Hall–Kier alpha value is -2.82. The number of para-hydroxylation sites is 2. The summed E-state index contributed by atoms with van der Waals surface area (Å²) in [5, 5.41) is 0. The van der Waals surface area contributed by atoms with Crippen molar-refractivity contribution >= 4 is 22.1 Å². The lowest BCUT2D eigenvalue weighted by atomic mass is 10.3. The van der Waals surface area contributed by atoms with Gasteiger partial charge in [-0.3, -0.25) is 0 Å². The molecule has 4 rings (SSSR count). The number of aromatic nitrogens is 3. The van der Waals surface area contributed by atoms with Gasteiger partial charge < -0.3 is 13.7 Å². The topological polar surface area (TPSA) is 53.1 Å². The van der Waals surface area contributed by atoms with E-state index in [9.17, 15) is 0 Å². The van der Waals surface area contributed by atoms with Crippen molar-refractivity contribution in [3.8, 4) is 11.8 Å². The number of aryl methyl sites for hydroxylation is 2. The number of hydrogen-bond donors (Lipinski definition) is 0. The van der Waals surface area contributed by atoms with Gasteiger partial charge in [-0.25, -0.2) is 4.98 Å². The number of ether oxygens (including phenoxy) is 1. The third-order valence-corrected chi connectivity index (χ3v) is 3.71. The normalized spacial score (nSPS) is 11.4. The molecule has 0 unspecified atom stereocenters. The van der Waals surface area contributed by atoms with E-state index in [2.05, 4.69) is 21.5 Å². The number of nitrogens with zero attached hydrogens (tertiary/aromatic N) is 3. The van der Waals surface area contributed by atoms with Crippen LogP contribution in [0.2, 0.25) is 0 Å². The zero-order valence-corrected chi connectivity index (χ0v) is 12.4. The fourth-order valence-corrected chi connectivity index (χ4v) is 2.69. The molecule has 0 amide bonds. The molecule has 4 aromatic rings. The van der Waals surface area contributed by atoms with Gasteiger partial charge in [-0.2, -0.15) is 4.98 Å². The molecule has 0 atom stereocenters. The SMILES string of the molecule is CCn1c(C)nc2cc(Oc3nc4ccccc4o3)ccc21. The summed E-state index contributed by atoms with van der Waals surface area (Å²) in [7, 11) is 0. The lowest BCUT2D eigenvalue weighted by molar-refractivity contribution is 0.343. The van der Waals surface area contributed by atoms with Crippen LogP contribution in [0.1, 0.15) is 12.7 Å². The zero-order valence-electron chi connectivity index (χ0n) is 12.4. The molecule has 0 saturated heterocycles. The smallest absolute Gasteiger partial charge is 0.400 e. The Bertz CT molecular complexity index is 936. The van der Waals surface area contributed by atoms with Gasteiger partial charge in [0, 0.05) is 12.6 Å². The van der Waals surface area contributed by atoms with Crippen molar-refractivity contribution in [2.24, 2.45) is 0 Å². The Balaban J connectivity index is 1.71. The van der Waals surface area contributed by atoms with Crippen LogP contribution in [0, 0.1) is 6.92 Å².